The number of fused-ring (bicyclic) bond motifs is 8. The van der Waals surface area contributed by atoms with Gasteiger partial charge in [0, 0.05) is 18.7 Å². The Kier molecular flexibility index (Phi) is 8.95. The molecule has 0 spiro atoms. The van der Waals surface area contributed by atoms with E-state index in [9.17, 15) is 0 Å². The minimum absolute atomic E-state index is 0. The number of nitrogens with zero attached hydrogens (tertiary/aromatic N) is 1. The summed E-state index contributed by atoms with van der Waals surface area (Å²) in [6, 6.07) is 35.6. The van der Waals surface area contributed by atoms with Crippen molar-refractivity contribution in [1.82, 2.24) is 0 Å². The van der Waals surface area contributed by atoms with E-state index < -0.39 is 20.8 Å². The molecule has 1 aliphatic carbocycles. The maximum absolute atomic E-state index is 4.93. The van der Waals surface area contributed by atoms with Crippen LogP contribution >= 0.6 is 33.0 Å². The Morgan fingerprint density at radius 2 is 1.40 bits per heavy atom. The van der Waals surface area contributed by atoms with Crippen molar-refractivity contribution in [3.05, 3.63) is 124 Å². The van der Waals surface area contributed by atoms with Gasteiger partial charge in [0.1, 0.15) is 0 Å². The van der Waals surface area contributed by atoms with Gasteiger partial charge < -0.3 is 18.4 Å². The van der Waals surface area contributed by atoms with E-state index in [4.69, 9.17) is 17.0 Å². The summed E-state index contributed by atoms with van der Waals surface area (Å²) in [6.07, 6.45) is 2.25. The molecule has 0 bridgehead atoms. The molecule has 1 atom stereocenters. The van der Waals surface area contributed by atoms with E-state index >= 15 is 0 Å². The van der Waals surface area contributed by atoms with E-state index in [0.29, 0.717) is 5.92 Å². The molecule has 1 heterocycles. The number of rotatable bonds is 0. The molecule has 0 aromatic heterocycles. The number of hydrogen-bond acceptors (Lipinski definition) is 2. The number of para-hydroxylation sites is 1. The normalized spacial score (nSPS) is 14.5. The quantitative estimate of drug-likeness (QED) is 0.0930. The Hall–Kier alpha value is -1.42. The second-order valence-electron chi connectivity index (χ2n) is 8.19. The summed E-state index contributed by atoms with van der Waals surface area (Å²) in [7, 11) is 12.0. The van der Waals surface area contributed by atoms with Gasteiger partial charge in [-0.3, -0.25) is 0 Å². The van der Waals surface area contributed by atoms with Crippen LogP contribution in [0.25, 0.3) is 27.6 Å². The predicted octanol–water partition coefficient (Wildman–Crippen LogP) is 9.00. The average Bonchev–Trinajstić information content (AvgIpc) is 3.50. The molecule has 0 radical (unpaired) electrons. The molecule has 1 unspecified atom stereocenters. The molecule has 6 heteroatoms. The van der Waals surface area contributed by atoms with E-state index in [2.05, 4.69) is 131 Å². The Morgan fingerprint density at radius 3 is 2.06 bits per heavy atom. The van der Waals surface area contributed by atoms with Gasteiger partial charge in [-0.15, -0.1) is 75.1 Å². The van der Waals surface area contributed by atoms with Crippen LogP contribution in [0.5, 0.6) is 0 Å². The van der Waals surface area contributed by atoms with Crippen molar-refractivity contribution in [1.29, 1.82) is 0 Å². The Bertz CT molecular complexity index is 1460. The molecule has 5 aromatic rings. The first-order valence-electron chi connectivity index (χ1n) is 10.9. The fraction of sp³-hybridized carbons (Fsp3) is 0.0690. The SMILES string of the molecule is CN1C2=Cc3[c-]c(Br)ccc3C2c2ccccc21.[Cl][Zr][Cl].[SH-].c1ccc2c(c1)[cH-]c1ccccc12. The first-order valence-corrected chi connectivity index (χ1v) is 18.0. The number of anilines is 1. The Morgan fingerprint density at radius 1 is 0.829 bits per heavy atom. The van der Waals surface area contributed by atoms with E-state index in [1.807, 2.05) is 0 Å². The van der Waals surface area contributed by atoms with Crippen molar-refractivity contribution < 1.29 is 20.8 Å². The molecular formula is C29H21BrCl2NSZr-3. The van der Waals surface area contributed by atoms with Crippen LogP contribution < -0.4 is 4.90 Å². The van der Waals surface area contributed by atoms with Crippen molar-refractivity contribution in [2.24, 2.45) is 0 Å². The minimum atomic E-state index is -0.826. The Labute approximate surface area is 240 Å². The molecule has 176 valence electrons. The zero-order chi connectivity index (χ0) is 23.7. The zero-order valence-corrected chi connectivity index (χ0v) is 25.3. The number of benzene rings is 4. The summed E-state index contributed by atoms with van der Waals surface area (Å²) in [6.45, 7) is 0. The molecule has 1 aliphatic heterocycles. The van der Waals surface area contributed by atoms with Crippen LogP contribution in [-0.2, 0) is 34.3 Å². The summed E-state index contributed by atoms with van der Waals surface area (Å²) in [5.41, 5.74) is 6.67. The number of hydrogen-bond donors (Lipinski definition) is 0. The molecule has 0 saturated carbocycles. The fourth-order valence-electron chi connectivity index (χ4n) is 4.95. The van der Waals surface area contributed by atoms with Crippen molar-refractivity contribution >= 4 is 79.8 Å². The number of likely N-dealkylation sites (N-methyl/N-ethyl adjacent to an activating group) is 1. The number of halogens is 3. The van der Waals surface area contributed by atoms with Gasteiger partial charge in [-0.2, -0.15) is 0 Å². The van der Waals surface area contributed by atoms with Gasteiger partial charge in [0.15, 0.2) is 0 Å². The second-order valence-corrected chi connectivity index (χ2v) is 12.8. The van der Waals surface area contributed by atoms with Gasteiger partial charge in [-0.1, -0.05) is 75.0 Å². The largest absolute Gasteiger partial charge is 0.813 e. The fourth-order valence-corrected chi connectivity index (χ4v) is 5.30. The Balaban J connectivity index is 0.000000150. The molecule has 0 fully saturated rings. The van der Waals surface area contributed by atoms with Gasteiger partial charge in [0.2, 0.25) is 0 Å². The van der Waals surface area contributed by atoms with Crippen LogP contribution in [-0.4, -0.2) is 7.05 Å². The van der Waals surface area contributed by atoms with Gasteiger partial charge in [-0.05, 0) is 17.3 Å². The third-order valence-corrected chi connectivity index (χ3v) is 6.86. The topological polar surface area (TPSA) is 3.24 Å². The maximum atomic E-state index is 4.93. The van der Waals surface area contributed by atoms with Crippen LogP contribution in [0.2, 0.25) is 0 Å². The predicted molar refractivity (Wildman–Crippen MR) is 155 cm³/mol. The van der Waals surface area contributed by atoms with Crippen LogP contribution in [0.4, 0.5) is 5.69 Å². The molecular weight excluding hydrogens is 636 g/mol. The summed E-state index contributed by atoms with van der Waals surface area (Å²) >= 11 is 2.67. The van der Waals surface area contributed by atoms with Crippen molar-refractivity contribution in [2.75, 3.05) is 11.9 Å². The van der Waals surface area contributed by atoms with Gasteiger partial charge >= 0.3 is 37.9 Å². The van der Waals surface area contributed by atoms with E-state index in [-0.39, 0.29) is 13.5 Å². The standard InChI is InChI=1S/C16H11BrN.C13H9.2ClH.H2S.Zr/c1-18-14-5-3-2-4-13(14)16-12-7-6-11(17)8-10(12)9-15(16)18;1-3-7-12-10(5-1)9-11-6-2-4-8-13(11)12;;;;/h2-7,9,16H,1H3;1-9H;2*1H;1H2;/q2*-1;;;;+2/p-3. The average molecular weight is 658 g/mol. The van der Waals surface area contributed by atoms with Gasteiger partial charge in [0.05, 0.1) is 0 Å². The molecule has 0 amide bonds. The summed E-state index contributed by atoms with van der Waals surface area (Å²) in [5.74, 6) is 0.394. The van der Waals surface area contributed by atoms with Gasteiger partial charge in [-0.25, -0.2) is 0 Å². The summed E-state index contributed by atoms with van der Waals surface area (Å²) in [5, 5.41) is 5.39. The van der Waals surface area contributed by atoms with Crippen LogP contribution in [0.1, 0.15) is 22.6 Å². The molecule has 7 rings (SSSR count). The third-order valence-electron chi connectivity index (χ3n) is 6.39. The van der Waals surface area contributed by atoms with Crippen molar-refractivity contribution in [3.8, 4) is 0 Å². The zero-order valence-electron chi connectivity index (χ0n) is 18.8. The molecule has 35 heavy (non-hydrogen) atoms. The molecule has 0 N–H and O–H groups in total. The van der Waals surface area contributed by atoms with Crippen LogP contribution in [0, 0.1) is 6.07 Å². The minimum Gasteiger partial charge on any atom is -0.813 e. The first-order chi connectivity index (χ1) is 16.6. The monoisotopic (exact) mass is 654 g/mol. The van der Waals surface area contributed by atoms with E-state index in [1.165, 1.54) is 49.6 Å². The van der Waals surface area contributed by atoms with Crippen molar-refractivity contribution in [3.63, 3.8) is 0 Å². The maximum Gasteiger partial charge on any atom is -0.0771 e. The van der Waals surface area contributed by atoms with E-state index in [0.717, 1.165) is 4.47 Å². The second kappa shape index (κ2) is 11.8. The molecule has 1 nitrogen and oxygen atoms in total. The number of allylic oxidation sites excluding steroid dienone is 1. The van der Waals surface area contributed by atoms with Gasteiger partial charge in [0.25, 0.3) is 0 Å². The van der Waals surface area contributed by atoms with Crippen molar-refractivity contribution in [2.45, 2.75) is 5.92 Å². The molecule has 5 aromatic carbocycles. The first kappa shape index (κ1) is 26.6. The van der Waals surface area contributed by atoms with Crippen LogP contribution in [0.3, 0.4) is 0 Å². The summed E-state index contributed by atoms with van der Waals surface area (Å²) < 4.78 is 1.02. The molecule has 2 aliphatic rings. The molecule has 0 saturated heterocycles. The number of thiol groups is 1. The third kappa shape index (κ3) is 5.20. The smallest absolute Gasteiger partial charge is 0.0771 e. The van der Waals surface area contributed by atoms with E-state index in [1.54, 1.807) is 0 Å². The summed E-state index contributed by atoms with van der Waals surface area (Å²) in [4.78, 5) is 2.29. The van der Waals surface area contributed by atoms with Crippen LogP contribution in [0.15, 0.2) is 101 Å².